The minimum Gasteiger partial charge on any atom is -0.473 e. The second-order valence-electron chi connectivity index (χ2n) is 5.00. The third-order valence-electron chi connectivity index (χ3n) is 2.82. The van der Waals surface area contributed by atoms with Crippen molar-refractivity contribution in [2.75, 3.05) is 23.4 Å². The molecule has 0 radical (unpaired) electrons. The molecule has 1 fully saturated rings. The Morgan fingerprint density at radius 1 is 1.65 bits per heavy atom. The summed E-state index contributed by atoms with van der Waals surface area (Å²) in [6, 6.07) is 3.85. The van der Waals surface area contributed by atoms with Crippen LogP contribution < -0.4 is 15.4 Å². The van der Waals surface area contributed by atoms with Crippen molar-refractivity contribution in [2.45, 2.75) is 32.4 Å². The topological polar surface area (TPSA) is 63.2 Å². The zero-order valence-corrected chi connectivity index (χ0v) is 12.7. The Kier molecular flexibility index (Phi) is 5.67. The summed E-state index contributed by atoms with van der Waals surface area (Å²) in [6.45, 7) is 4.84. The van der Waals surface area contributed by atoms with E-state index in [0.717, 1.165) is 18.1 Å². The molecule has 0 aromatic carbocycles. The highest BCUT2D eigenvalue weighted by Gasteiger charge is 2.18. The minimum atomic E-state index is -0.00777. The Hall–Kier alpha value is -1.27. The lowest BCUT2D eigenvalue weighted by atomic mass is 10.2. The highest BCUT2D eigenvalue weighted by atomic mass is 32.2. The Morgan fingerprint density at radius 2 is 2.50 bits per heavy atom. The van der Waals surface area contributed by atoms with E-state index in [1.165, 1.54) is 0 Å². The van der Waals surface area contributed by atoms with E-state index in [2.05, 4.69) is 15.6 Å². The molecule has 6 heteroatoms. The number of thioether (sulfide) groups is 1. The lowest BCUT2D eigenvalue weighted by Crippen LogP contribution is -2.39. The molecule has 2 N–H and O–H groups in total. The number of hydrogen-bond acceptors (Lipinski definition) is 5. The van der Waals surface area contributed by atoms with Crippen LogP contribution in [0.15, 0.2) is 18.3 Å². The van der Waals surface area contributed by atoms with Gasteiger partial charge in [0.1, 0.15) is 5.69 Å². The van der Waals surface area contributed by atoms with Crippen LogP contribution in [0, 0.1) is 0 Å². The summed E-state index contributed by atoms with van der Waals surface area (Å²) in [5.41, 5.74) is 0.634. The predicted molar refractivity (Wildman–Crippen MR) is 82.4 cm³/mol. The Labute approximate surface area is 123 Å². The van der Waals surface area contributed by atoms with Crippen LogP contribution >= 0.6 is 11.8 Å². The second kappa shape index (κ2) is 7.50. The van der Waals surface area contributed by atoms with Gasteiger partial charge in [0.2, 0.25) is 11.8 Å². The lowest BCUT2D eigenvalue weighted by Gasteiger charge is -2.22. The van der Waals surface area contributed by atoms with E-state index in [1.807, 2.05) is 31.7 Å². The van der Waals surface area contributed by atoms with E-state index in [9.17, 15) is 4.79 Å². The predicted octanol–water partition coefficient (Wildman–Crippen LogP) is 1.90. The van der Waals surface area contributed by atoms with Crippen LogP contribution in [-0.2, 0) is 4.79 Å². The number of carbonyl (C=O) groups is 1. The van der Waals surface area contributed by atoms with E-state index in [-0.39, 0.29) is 18.1 Å². The summed E-state index contributed by atoms with van der Waals surface area (Å²) in [5.74, 6) is 2.57. The number of ether oxygens (including phenoxy) is 1. The van der Waals surface area contributed by atoms with Gasteiger partial charge in [-0.05, 0) is 26.0 Å². The quantitative estimate of drug-likeness (QED) is 0.868. The number of nitrogens with zero attached hydrogens (tertiary/aromatic N) is 1. The first-order valence-electron chi connectivity index (χ1n) is 6.88. The number of rotatable bonds is 5. The number of amides is 1. The Balaban J connectivity index is 1.93. The normalized spacial score (nSPS) is 18.9. The van der Waals surface area contributed by atoms with Gasteiger partial charge >= 0.3 is 0 Å². The molecule has 1 aliphatic heterocycles. The van der Waals surface area contributed by atoms with Crippen molar-refractivity contribution in [3.05, 3.63) is 18.3 Å². The first kappa shape index (κ1) is 15.1. The summed E-state index contributed by atoms with van der Waals surface area (Å²) in [7, 11) is 0. The van der Waals surface area contributed by atoms with Gasteiger partial charge in [0, 0.05) is 36.7 Å². The summed E-state index contributed by atoms with van der Waals surface area (Å²) in [6.07, 6.45) is 2.16. The molecule has 5 nitrogen and oxygen atoms in total. The van der Waals surface area contributed by atoms with Gasteiger partial charge in [-0.25, -0.2) is 4.98 Å². The summed E-state index contributed by atoms with van der Waals surface area (Å²) in [4.78, 5) is 16.2. The van der Waals surface area contributed by atoms with Crippen molar-refractivity contribution in [3.63, 3.8) is 0 Å². The average molecular weight is 295 g/mol. The lowest BCUT2D eigenvalue weighted by molar-refractivity contribution is -0.116. The van der Waals surface area contributed by atoms with Gasteiger partial charge in [-0.15, -0.1) is 0 Å². The maximum Gasteiger partial charge on any atom is 0.238 e. The van der Waals surface area contributed by atoms with Crippen LogP contribution in [0.1, 0.15) is 20.3 Å². The standard InChI is InChI=1S/C14H21N3O2S/c1-10(2)19-14-12(4-3-5-16-14)17-13(18)8-11-9-20-7-6-15-11/h3-5,10-11,15H,6-9H2,1-2H3,(H,17,18). The summed E-state index contributed by atoms with van der Waals surface area (Å²) in [5, 5.41) is 6.24. The summed E-state index contributed by atoms with van der Waals surface area (Å²) >= 11 is 1.88. The number of anilines is 1. The van der Waals surface area contributed by atoms with E-state index < -0.39 is 0 Å². The van der Waals surface area contributed by atoms with E-state index in [0.29, 0.717) is 18.0 Å². The Morgan fingerprint density at radius 3 is 3.20 bits per heavy atom. The molecule has 1 unspecified atom stereocenters. The van der Waals surface area contributed by atoms with E-state index >= 15 is 0 Å². The first-order valence-corrected chi connectivity index (χ1v) is 8.03. The van der Waals surface area contributed by atoms with E-state index in [4.69, 9.17) is 4.74 Å². The van der Waals surface area contributed by atoms with Gasteiger partial charge in [0.05, 0.1) is 6.10 Å². The van der Waals surface area contributed by atoms with Gasteiger partial charge in [-0.3, -0.25) is 4.79 Å². The SMILES string of the molecule is CC(C)Oc1ncccc1NC(=O)CC1CSCCN1. The van der Waals surface area contributed by atoms with Crippen LogP contribution in [0.3, 0.4) is 0 Å². The molecule has 110 valence electrons. The molecule has 1 aromatic rings. The maximum absolute atomic E-state index is 12.1. The highest BCUT2D eigenvalue weighted by Crippen LogP contribution is 2.22. The molecule has 1 saturated heterocycles. The maximum atomic E-state index is 12.1. The highest BCUT2D eigenvalue weighted by molar-refractivity contribution is 7.99. The largest absolute Gasteiger partial charge is 0.473 e. The molecule has 1 aromatic heterocycles. The smallest absolute Gasteiger partial charge is 0.238 e. The Bertz CT molecular complexity index is 448. The number of nitrogens with one attached hydrogen (secondary N) is 2. The molecule has 2 heterocycles. The molecule has 0 aliphatic carbocycles. The molecular weight excluding hydrogens is 274 g/mol. The first-order chi connectivity index (χ1) is 9.65. The fraction of sp³-hybridized carbons (Fsp3) is 0.571. The van der Waals surface area contributed by atoms with Gasteiger partial charge in [0.15, 0.2) is 0 Å². The number of carbonyl (C=O) groups excluding carboxylic acids is 1. The van der Waals surface area contributed by atoms with Crippen molar-refractivity contribution in [1.29, 1.82) is 0 Å². The number of pyridine rings is 1. The zero-order valence-electron chi connectivity index (χ0n) is 11.9. The van der Waals surface area contributed by atoms with Gasteiger partial charge in [-0.1, -0.05) is 0 Å². The van der Waals surface area contributed by atoms with Crippen molar-refractivity contribution in [1.82, 2.24) is 10.3 Å². The average Bonchev–Trinajstić information content (AvgIpc) is 2.41. The number of aromatic nitrogens is 1. The molecule has 0 bridgehead atoms. The van der Waals surface area contributed by atoms with Gasteiger partial charge < -0.3 is 15.4 Å². The van der Waals surface area contributed by atoms with Crippen LogP contribution in [0.2, 0.25) is 0 Å². The van der Waals surface area contributed by atoms with Crippen LogP contribution in [0.4, 0.5) is 5.69 Å². The minimum absolute atomic E-state index is 0.00777. The molecule has 20 heavy (non-hydrogen) atoms. The van der Waals surface area contributed by atoms with Crippen molar-refractivity contribution in [2.24, 2.45) is 0 Å². The van der Waals surface area contributed by atoms with Crippen molar-refractivity contribution >= 4 is 23.4 Å². The summed E-state index contributed by atoms with van der Waals surface area (Å²) < 4.78 is 5.59. The van der Waals surface area contributed by atoms with Crippen LogP contribution in [0.5, 0.6) is 5.88 Å². The van der Waals surface area contributed by atoms with Gasteiger partial charge in [0.25, 0.3) is 0 Å². The second-order valence-corrected chi connectivity index (χ2v) is 6.15. The molecule has 0 spiro atoms. The number of hydrogen-bond donors (Lipinski definition) is 2. The van der Waals surface area contributed by atoms with E-state index in [1.54, 1.807) is 12.3 Å². The third kappa shape index (κ3) is 4.68. The third-order valence-corrected chi connectivity index (χ3v) is 3.95. The van der Waals surface area contributed by atoms with Crippen molar-refractivity contribution in [3.8, 4) is 5.88 Å². The molecule has 1 atom stereocenters. The van der Waals surface area contributed by atoms with Gasteiger partial charge in [-0.2, -0.15) is 11.8 Å². The zero-order chi connectivity index (χ0) is 14.4. The molecular formula is C14H21N3O2S. The van der Waals surface area contributed by atoms with Crippen molar-refractivity contribution < 1.29 is 9.53 Å². The molecule has 2 rings (SSSR count). The molecule has 0 saturated carbocycles. The van der Waals surface area contributed by atoms with Crippen LogP contribution in [0.25, 0.3) is 0 Å². The molecule has 1 aliphatic rings. The van der Waals surface area contributed by atoms with Crippen LogP contribution in [-0.4, -0.2) is 41.1 Å². The monoisotopic (exact) mass is 295 g/mol. The fourth-order valence-corrected chi connectivity index (χ4v) is 2.93. The molecule has 1 amide bonds. The fourth-order valence-electron chi connectivity index (χ4n) is 1.98.